The molecule has 0 saturated carbocycles. The summed E-state index contributed by atoms with van der Waals surface area (Å²) in [6.45, 7) is 6.14. The van der Waals surface area contributed by atoms with Gasteiger partial charge in [-0.05, 0) is 30.0 Å². The number of aryl methyl sites for hydroxylation is 1. The highest BCUT2D eigenvalue weighted by Crippen LogP contribution is 2.20. The molecule has 1 aromatic rings. The molecular weight excluding hydrogens is 198 g/mol. The summed E-state index contributed by atoms with van der Waals surface area (Å²) >= 11 is 0. The first-order valence-corrected chi connectivity index (χ1v) is 5.57. The van der Waals surface area contributed by atoms with E-state index in [1.54, 1.807) is 0 Å². The third kappa shape index (κ3) is 2.93. The first-order chi connectivity index (χ1) is 7.56. The number of hydrogen-bond donors (Lipinski definition) is 0. The highest BCUT2D eigenvalue weighted by Gasteiger charge is 2.10. The molecule has 0 aliphatic carbocycles. The van der Waals surface area contributed by atoms with Crippen LogP contribution in [0.4, 0.5) is 0 Å². The van der Waals surface area contributed by atoms with Gasteiger partial charge in [0.15, 0.2) is 5.78 Å². The molecule has 0 aliphatic heterocycles. The Bertz CT molecular complexity index is 427. The number of rotatable bonds is 4. The van der Waals surface area contributed by atoms with E-state index in [2.05, 4.69) is 19.9 Å². The van der Waals surface area contributed by atoms with E-state index in [1.807, 2.05) is 25.1 Å². The van der Waals surface area contributed by atoms with Crippen molar-refractivity contribution >= 4 is 5.78 Å². The molecular formula is C14H17NO. The number of hydrogen-bond acceptors (Lipinski definition) is 2. The molecule has 1 rings (SSSR count). The van der Waals surface area contributed by atoms with Crippen LogP contribution in [0.5, 0.6) is 0 Å². The van der Waals surface area contributed by atoms with Crippen molar-refractivity contribution < 1.29 is 4.79 Å². The van der Waals surface area contributed by atoms with E-state index in [-0.39, 0.29) is 5.78 Å². The van der Waals surface area contributed by atoms with Crippen molar-refractivity contribution in [3.05, 3.63) is 34.9 Å². The highest BCUT2D eigenvalue weighted by molar-refractivity contribution is 5.97. The van der Waals surface area contributed by atoms with Gasteiger partial charge in [0.2, 0.25) is 0 Å². The predicted molar refractivity (Wildman–Crippen MR) is 64.4 cm³/mol. The third-order valence-electron chi connectivity index (χ3n) is 2.69. The fourth-order valence-electron chi connectivity index (χ4n) is 1.60. The van der Waals surface area contributed by atoms with E-state index in [1.165, 1.54) is 5.56 Å². The van der Waals surface area contributed by atoms with Gasteiger partial charge in [-0.15, -0.1) is 0 Å². The van der Waals surface area contributed by atoms with Crippen LogP contribution in [0, 0.1) is 18.3 Å². The van der Waals surface area contributed by atoms with Crippen LogP contribution in [-0.4, -0.2) is 5.78 Å². The van der Waals surface area contributed by atoms with Crippen molar-refractivity contribution in [3.63, 3.8) is 0 Å². The highest BCUT2D eigenvalue weighted by atomic mass is 16.1. The summed E-state index contributed by atoms with van der Waals surface area (Å²) in [7, 11) is 0. The van der Waals surface area contributed by atoms with Crippen LogP contribution in [0.1, 0.15) is 54.1 Å². The summed E-state index contributed by atoms with van der Waals surface area (Å²) < 4.78 is 0. The van der Waals surface area contributed by atoms with E-state index in [0.717, 1.165) is 11.1 Å². The van der Waals surface area contributed by atoms with Crippen LogP contribution >= 0.6 is 0 Å². The molecule has 16 heavy (non-hydrogen) atoms. The summed E-state index contributed by atoms with van der Waals surface area (Å²) in [6, 6.07) is 8.00. The van der Waals surface area contributed by atoms with Crippen LogP contribution in [0.15, 0.2) is 18.2 Å². The number of carbonyl (C=O) groups is 1. The van der Waals surface area contributed by atoms with Gasteiger partial charge in [-0.3, -0.25) is 4.79 Å². The number of ketones is 1. The second kappa shape index (κ2) is 5.46. The number of nitrogens with zero attached hydrogens (tertiary/aromatic N) is 1. The maximum atomic E-state index is 11.8. The molecule has 0 atom stereocenters. The van der Waals surface area contributed by atoms with E-state index in [4.69, 9.17) is 5.26 Å². The van der Waals surface area contributed by atoms with Crippen molar-refractivity contribution in [2.24, 2.45) is 0 Å². The van der Waals surface area contributed by atoms with Gasteiger partial charge in [0.1, 0.15) is 0 Å². The average Bonchev–Trinajstić information content (AvgIpc) is 2.26. The first-order valence-electron chi connectivity index (χ1n) is 5.57. The fraction of sp³-hybridized carbons (Fsp3) is 0.429. The minimum Gasteiger partial charge on any atom is -0.294 e. The van der Waals surface area contributed by atoms with Gasteiger partial charge in [-0.1, -0.05) is 26.0 Å². The lowest BCUT2D eigenvalue weighted by atomic mass is 9.94. The zero-order valence-electron chi connectivity index (χ0n) is 10.1. The van der Waals surface area contributed by atoms with Gasteiger partial charge >= 0.3 is 0 Å². The first kappa shape index (κ1) is 12.4. The summed E-state index contributed by atoms with van der Waals surface area (Å²) in [5.74, 6) is 0.490. The number of carbonyl (C=O) groups excluding carboxylic acids is 1. The molecule has 0 saturated heterocycles. The zero-order chi connectivity index (χ0) is 12.1. The Morgan fingerprint density at radius 2 is 2.12 bits per heavy atom. The Kier molecular flexibility index (Phi) is 4.25. The topological polar surface area (TPSA) is 40.9 Å². The smallest absolute Gasteiger partial charge is 0.164 e. The summed E-state index contributed by atoms with van der Waals surface area (Å²) in [6.07, 6.45) is 0.614. The molecule has 0 heterocycles. The average molecular weight is 215 g/mol. The molecule has 0 spiro atoms. The lowest BCUT2D eigenvalue weighted by Crippen LogP contribution is -2.03. The van der Waals surface area contributed by atoms with Crippen LogP contribution in [0.25, 0.3) is 0 Å². The van der Waals surface area contributed by atoms with Crippen molar-refractivity contribution in [1.29, 1.82) is 5.26 Å². The molecule has 0 fully saturated rings. The lowest BCUT2D eigenvalue weighted by Gasteiger charge is -2.09. The minimum atomic E-state index is 0.0709. The predicted octanol–water partition coefficient (Wildman–Crippen LogP) is 3.60. The van der Waals surface area contributed by atoms with E-state index in [9.17, 15) is 4.79 Å². The Morgan fingerprint density at radius 3 is 2.69 bits per heavy atom. The Balaban J connectivity index is 2.98. The Labute approximate surface area is 96.9 Å². The zero-order valence-corrected chi connectivity index (χ0v) is 10.1. The van der Waals surface area contributed by atoms with Crippen molar-refractivity contribution in [2.45, 2.75) is 39.5 Å². The van der Waals surface area contributed by atoms with E-state index in [0.29, 0.717) is 18.8 Å². The number of nitriles is 1. The number of Topliss-reactive ketones (excluding diaryl/α,β-unsaturated/α-hetero) is 1. The molecule has 0 radical (unpaired) electrons. The van der Waals surface area contributed by atoms with Crippen molar-refractivity contribution in [1.82, 2.24) is 0 Å². The summed E-state index contributed by atoms with van der Waals surface area (Å²) in [4.78, 5) is 11.8. The second-order valence-corrected chi connectivity index (χ2v) is 4.31. The third-order valence-corrected chi connectivity index (χ3v) is 2.69. The van der Waals surface area contributed by atoms with Gasteiger partial charge in [0, 0.05) is 18.4 Å². The SMILES string of the molecule is Cc1ccc(C(C)C)cc1C(=O)CCC#N. The standard InChI is InChI=1S/C14H17NO/c1-10(2)12-7-6-11(3)13(9-12)14(16)5-4-8-15/h6-7,9-10H,4-5H2,1-3H3. The van der Waals surface area contributed by atoms with Crippen molar-refractivity contribution in [3.8, 4) is 6.07 Å². The maximum absolute atomic E-state index is 11.8. The summed E-state index contributed by atoms with van der Waals surface area (Å²) in [5.41, 5.74) is 2.93. The Morgan fingerprint density at radius 1 is 1.44 bits per heavy atom. The van der Waals surface area contributed by atoms with Crippen LogP contribution < -0.4 is 0 Å². The minimum absolute atomic E-state index is 0.0709. The number of benzene rings is 1. The van der Waals surface area contributed by atoms with Gasteiger partial charge in [0.25, 0.3) is 0 Å². The molecule has 2 nitrogen and oxygen atoms in total. The lowest BCUT2D eigenvalue weighted by molar-refractivity contribution is 0.0983. The fourth-order valence-corrected chi connectivity index (χ4v) is 1.60. The molecule has 2 heteroatoms. The van der Waals surface area contributed by atoms with E-state index < -0.39 is 0 Å². The monoisotopic (exact) mass is 215 g/mol. The van der Waals surface area contributed by atoms with Crippen LogP contribution in [0.2, 0.25) is 0 Å². The van der Waals surface area contributed by atoms with Gasteiger partial charge < -0.3 is 0 Å². The Hall–Kier alpha value is -1.62. The van der Waals surface area contributed by atoms with Gasteiger partial charge in [-0.2, -0.15) is 5.26 Å². The van der Waals surface area contributed by atoms with Gasteiger partial charge in [0.05, 0.1) is 6.07 Å². The maximum Gasteiger partial charge on any atom is 0.164 e. The normalized spacial score (nSPS) is 10.2. The molecule has 0 aliphatic rings. The van der Waals surface area contributed by atoms with Crippen LogP contribution in [-0.2, 0) is 0 Å². The van der Waals surface area contributed by atoms with Crippen molar-refractivity contribution in [2.75, 3.05) is 0 Å². The quantitative estimate of drug-likeness (QED) is 0.720. The molecule has 84 valence electrons. The van der Waals surface area contributed by atoms with Crippen LogP contribution in [0.3, 0.4) is 0 Å². The second-order valence-electron chi connectivity index (χ2n) is 4.31. The molecule has 0 bridgehead atoms. The molecule has 0 N–H and O–H groups in total. The molecule has 0 amide bonds. The molecule has 1 aromatic carbocycles. The van der Waals surface area contributed by atoms with Gasteiger partial charge in [-0.25, -0.2) is 0 Å². The molecule has 0 unspecified atom stereocenters. The summed E-state index contributed by atoms with van der Waals surface area (Å²) in [5, 5.41) is 8.47. The molecule has 0 aromatic heterocycles. The van der Waals surface area contributed by atoms with E-state index >= 15 is 0 Å². The largest absolute Gasteiger partial charge is 0.294 e.